The maximum absolute atomic E-state index is 13.0. The van der Waals surface area contributed by atoms with Crippen molar-refractivity contribution in [2.24, 2.45) is 0 Å². The van der Waals surface area contributed by atoms with Gasteiger partial charge in [-0.1, -0.05) is 17.7 Å². The summed E-state index contributed by atoms with van der Waals surface area (Å²) in [6, 6.07) is 6.65. The van der Waals surface area contributed by atoms with Crippen LogP contribution in [-0.2, 0) is 28.0 Å². The molecule has 1 saturated heterocycles. The fourth-order valence-corrected chi connectivity index (χ4v) is 8.46. The second kappa shape index (κ2) is 20.1. The van der Waals surface area contributed by atoms with Gasteiger partial charge in [0.15, 0.2) is 0 Å². The molecular formula is C35H54N4O13P2. The molecule has 54 heavy (non-hydrogen) atoms. The van der Waals surface area contributed by atoms with Gasteiger partial charge in [-0.2, -0.15) is 0 Å². The van der Waals surface area contributed by atoms with Crippen LogP contribution in [-0.4, -0.2) is 152 Å². The third-order valence-corrected chi connectivity index (χ3v) is 11.0. The number of aryl methyl sites for hydroxylation is 5. The SMILES string of the molecule is Cc1cc(C)c(-c2cc(C)c(OP(=O)(O)OCCCC(C(=O)O)N3CCN(CC(=O)O)CCN(CP(=O)(O)O)CCN(CC(=O)O)CC3)cc2C)c(C)c1. The molecule has 19 heteroatoms. The summed E-state index contributed by atoms with van der Waals surface area (Å²) in [5.41, 5.74) is 6.88. The Bertz CT molecular complexity index is 1680. The molecule has 0 spiro atoms. The molecule has 1 aliphatic rings. The first kappa shape index (κ1) is 45.2. The highest BCUT2D eigenvalue weighted by Crippen LogP contribution is 2.46. The summed E-state index contributed by atoms with van der Waals surface area (Å²) in [5, 5.41) is 29.2. The number of rotatable bonds is 16. The zero-order valence-corrected chi connectivity index (χ0v) is 33.3. The molecule has 0 bridgehead atoms. The van der Waals surface area contributed by atoms with Crippen LogP contribution in [0.4, 0.5) is 0 Å². The predicted molar refractivity (Wildman–Crippen MR) is 201 cm³/mol. The first-order valence-electron chi connectivity index (χ1n) is 17.6. The number of hydrogen-bond donors (Lipinski definition) is 6. The molecule has 0 aromatic heterocycles. The summed E-state index contributed by atoms with van der Waals surface area (Å²) in [7, 11) is -9.10. The van der Waals surface area contributed by atoms with Crippen molar-refractivity contribution in [1.29, 1.82) is 0 Å². The van der Waals surface area contributed by atoms with Crippen molar-refractivity contribution in [3.63, 3.8) is 0 Å². The van der Waals surface area contributed by atoms with Gasteiger partial charge in [0, 0.05) is 52.4 Å². The zero-order chi connectivity index (χ0) is 40.4. The highest BCUT2D eigenvalue weighted by atomic mass is 31.2. The van der Waals surface area contributed by atoms with Crippen LogP contribution in [0.3, 0.4) is 0 Å². The number of aliphatic carboxylic acids is 3. The molecule has 0 aliphatic carbocycles. The smallest absolute Gasteiger partial charge is 0.480 e. The lowest BCUT2D eigenvalue weighted by Gasteiger charge is -2.35. The molecule has 2 unspecified atom stereocenters. The standard InChI is InChI=1S/C35H54N4O13P2/c1-24-17-27(4)34(28(5)18-24)29-19-26(3)31(20-25(29)2)52-54(49,50)51-16-6-7-30(35(44)45)39-14-12-36(21-32(40)41)8-10-38(23-53(46,47)48)11-9-37(13-15-39)22-33(42)43/h17-20,30H,6-16,21-23H2,1-5H3,(H,40,41)(H,42,43)(H,44,45)(H,49,50)(H2,46,47,48). The molecular weight excluding hydrogens is 746 g/mol. The molecule has 0 radical (unpaired) electrons. The molecule has 3 rings (SSSR count). The highest BCUT2D eigenvalue weighted by Gasteiger charge is 2.30. The van der Waals surface area contributed by atoms with E-state index in [1.165, 1.54) is 4.90 Å². The van der Waals surface area contributed by atoms with Crippen molar-refractivity contribution in [2.45, 2.75) is 53.5 Å². The van der Waals surface area contributed by atoms with Gasteiger partial charge in [0.05, 0.1) is 19.7 Å². The first-order valence-corrected chi connectivity index (χ1v) is 20.9. The molecule has 17 nitrogen and oxygen atoms in total. The van der Waals surface area contributed by atoms with E-state index in [2.05, 4.69) is 12.1 Å². The quantitative estimate of drug-likeness (QED) is 0.106. The normalized spacial score (nSPS) is 17.9. The van der Waals surface area contributed by atoms with E-state index in [0.717, 1.165) is 33.4 Å². The molecule has 0 saturated carbocycles. The molecule has 6 N–H and O–H groups in total. The Morgan fingerprint density at radius 1 is 0.704 bits per heavy atom. The number of benzene rings is 2. The summed E-state index contributed by atoms with van der Waals surface area (Å²) in [4.78, 5) is 71.7. The van der Waals surface area contributed by atoms with Gasteiger partial charge in [-0.05, 0) is 93.0 Å². The summed E-state index contributed by atoms with van der Waals surface area (Å²) in [6.45, 7) is 9.34. The number of hydrogen-bond acceptors (Lipinski definition) is 11. The maximum Gasteiger partial charge on any atom is 0.527 e. The molecule has 1 aliphatic heterocycles. The van der Waals surface area contributed by atoms with Gasteiger partial charge >= 0.3 is 33.3 Å². The van der Waals surface area contributed by atoms with E-state index >= 15 is 0 Å². The molecule has 1 heterocycles. The second-order valence-electron chi connectivity index (χ2n) is 13.9. The summed E-state index contributed by atoms with van der Waals surface area (Å²) < 4.78 is 35.5. The lowest BCUT2D eigenvalue weighted by molar-refractivity contribution is -0.145. The maximum atomic E-state index is 13.0. The lowest BCUT2D eigenvalue weighted by atomic mass is 9.90. The van der Waals surface area contributed by atoms with Crippen molar-refractivity contribution in [2.75, 3.05) is 78.3 Å². The fourth-order valence-electron chi connectivity index (χ4n) is 6.80. The van der Waals surface area contributed by atoms with E-state index in [1.54, 1.807) is 27.7 Å². The highest BCUT2D eigenvalue weighted by molar-refractivity contribution is 7.51. The number of carbonyl (C=O) groups is 3. The third-order valence-electron chi connectivity index (χ3n) is 9.26. The van der Waals surface area contributed by atoms with Crippen molar-refractivity contribution in [3.05, 3.63) is 52.1 Å². The van der Waals surface area contributed by atoms with Crippen LogP contribution in [0.2, 0.25) is 0 Å². The van der Waals surface area contributed by atoms with Crippen LogP contribution in [0.1, 0.15) is 40.7 Å². The van der Waals surface area contributed by atoms with Crippen molar-refractivity contribution >= 4 is 33.3 Å². The van der Waals surface area contributed by atoms with Crippen molar-refractivity contribution in [3.8, 4) is 16.9 Å². The van der Waals surface area contributed by atoms with Crippen molar-refractivity contribution in [1.82, 2.24) is 19.6 Å². The molecule has 0 amide bonds. The Morgan fingerprint density at radius 2 is 1.20 bits per heavy atom. The number of carboxylic acids is 3. The average Bonchev–Trinajstić information content (AvgIpc) is 3.02. The fraction of sp³-hybridized carbons (Fsp3) is 0.571. The number of phosphoric acid groups is 1. The van der Waals surface area contributed by atoms with Crippen molar-refractivity contribution < 1.29 is 62.6 Å². The minimum atomic E-state index is -4.62. The van der Waals surface area contributed by atoms with Gasteiger partial charge in [0.2, 0.25) is 0 Å². The zero-order valence-electron chi connectivity index (χ0n) is 31.5. The monoisotopic (exact) mass is 800 g/mol. The van der Waals surface area contributed by atoms with E-state index in [0.29, 0.717) is 5.56 Å². The number of carboxylic acid groups (broad SMARTS) is 3. The minimum absolute atomic E-state index is 0.0225. The largest absolute Gasteiger partial charge is 0.527 e. The lowest BCUT2D eigenvalue weighted by Crippen LogP contribution is -2.51. The molecule has 302 valence electrons. The van der Waals surface area contributed by atoms with E-state index in [-0.39, 0.29) is 77.6 Å². The van der Waals surface area contributed by atoms with Crippen LogP contribution < -0.4 is 4.52 Å². The van der Waals surface area contributed by atoms with E-state index < -0.39 is 58.7 Å². The van der Waals surface area contributed by atoms with Gasteiger partial charge in [-0.15, -0.1) is 0 Å². The van der Waals surface area contributed by atoms with Gasteiger partial charge in [0.1, 0.15) is 18.1 Å². The van der Waals surface area contributed by atoms with Gasteiger partial charge in [0.25, 0.3) is 0 Å². The number of nitrogens with zero attached hydrogens (tertiary/aromatic N) is 4. The van der Waals surface area contributed by atoms with Crippen LogP contribution in [0.5, 0.6) is 5.75 Å². The van der Waals surface area contributed by atoms with E-state index in [9.17, 15) is 53.5 Å². The minimum Gasteiger partial charge on any atom is -0.480 e. The predicted octanol–water partition coefficient (Wildman–Crippen LogP) is 3.15. The summed E-state index contributed by atoms with van der Waals surface area (Å²) in [6.07, 6.45) is -0.570. The van der Waals surface area contributed by atoms with Gasteiger partial charge in [-0.3, -0.25) is 48.0 Å². The average molecular weight is 801 g/mol. The molecule has 1 fully saturated rings. The Labute approximate surface area is 315 Å². The molecule has 2 aromatic carbocycles. The summed E-state index contributed by atoms with van der Waals surface area (Å²) in [5.74, 6) is -3.29. The van der Waals surface area contributed by atoms with Crippen LogP contribution >= 0.6 is 15.4 Å². The van der Waals surface area contributed by atoms with Crippen LogP contribution in [0, 0.1) is 34.6 Å². The van der Waals surface area contributed by atoms with Crippen LogP contribution in [0.25, 0.3) is 11.1 Å². The van der Waals surface area contributed by atoms with Gasteiger partial charge < -0.3 is 29.6 Å². The van der Waals surface area contributed by atoms with Gasteiger partial charge in [-0.25, -0.2) is 4.57 Å². The second-order valence-corrected chi connectivity index (χ2v) is 16.9. The number of phosphoric ester groups is 1. The summed E-state index contributed by atoms with van der Waals surface area (Å²) >= 11 is 0. The Morgan fingerprint density at radius 3 is 1.69 bits per heavy atom. The first-order chi connectivity index (χ1) is 25.1. The Balaban J connectivity index is 1.71. The third kappa shape index (κ3) is 14.8. The Hall–Kier alpha value is -3.21. The van der Waals surface area contributed by atoms with Crippen LogP contribution in [0.15, 0.2) is 24.3 Å². The molecule has 2 atom stereocenters. The van der Waals surface area contributed by atoms with E-state index in [1.807, 2.05) is 33.8 Å². The molecule has 2 aromatic rings. The topological polar surface area (TPSA) is 238 Å². The van der Waals surface area contributed by atoms with E-state index in [4.69, 9.17) is 9.05 Å². The Kier molecular flexibility index (Phi) is 16.8.